The van der Waals surface area contributed by atoms with Crippen molar-refractivity contribution in [3.63, 3.8) is 0 Å². The quantitative estimate of drug-likeness (QED) is 0.801. The summed E-state index contributed by atoms with van der Waals surface area (Å²) in [5.41, 5.74) is 0. The van der Waals surface area contributed by atoms with Crippen molar-refractivity contribution in [2.45, 2.75) is 44.8 Å². The Bertz CT molecular complexity index is 337. The zero-order valence-electron chi connectivity index (χ0n) is 10.2. The van der Waals surface area contributed by atoms with Crippen molar-refractivity contribution in [3.05, 3.63) is 30.1 Å². The smallest absolute Gasteiger partial charge is 0.123 e. The van der Waals surface area contributed by atoms with E-state index in [0.717, 1.165) is 12.8 Å². The summed E-state index contributed by atoms with van der Waals surface area (Å²) in [6.07, 6.45) is 5.09. The van der Waals surface area contributed by atoms with Gasteiger partial charge in [-0.2, -0.15) is 0 Å². The fraction of sp³-hybridized carbons (Fsp3) is 0.571. The maximum absolute atomic E-state index is 12.7. The Morgan fingerprint density at radius 1 is 1.24 bits per heavy atom. The highest BCUT2D eigenvalue weighted by molar-refractivity contribution is 5.22. The van der Waals surface area contributed by atoms with Crippen molar-refractivity contribution in [1.82, 2.24) is 0 Å². The maximum Gasteiger partial charge on any atom is 0.123 e. The average Bonchev–Trinajstić information content (AvgIpc) is 2.53. The third-order valence-electron chi connectivity index (χ3n) is 3.06. The van der Waals surface area contributed by atoms with Crippen LogP contribution >= 0.6 is 0 Å². The number of benzene rings is 1. The van der Waals surface area contributed by atoms with E-state index in [9.17, 15) is 4.39 Å². The molecule has 2 nitrogen and oxygen atoms in total. The molecule has 0 spiro atoms. The van der Waals surface area contributed by atoms with Gasteiger partial charge in [0.15, 0.2) is 0 Å². The Labute approximate surface area is 102 Å². The molecule has 0 N–H and O–H groups in total. The summed E-state index contributed by atoms with van der Waals surface area (Å²) in [6, 6.07) is 6.11. The van der Waals surface area contributed by atoms with Crippen LogP contribution in [-0.2, 0) is 4.74 Å². The maximum atomic E-state index is 12.7. The van der Waals surface area contributed by atoms with Crippen LogP contribution in [0.3, 0.4) is 0 Å². The van der Waals surface area contributed by atoms with Gasteiger partial charge >= 0.3 is 0 Å². The van der Waals surface area contributed by atoms with Gasteiger partial charge in [-0.05, 0) is 44.0 Å². The Morgan fingerprint density at radius 3 is 2.71 bits per heavy atom. The van der Waals surface area contributed by atoms with Crippen LogP contribution in [0.4, 0.5) is 4.39 Å². The van der Waals surface area contributed by atoms with Gasteiger partial charge in [0.05, 0.1) is 12.2 Å². The molecule has 1 aromatic rings. The van der Waals surface area contributed by atoms with Crippen molar-refractivity contribution >= 4 is 0 Å². The third-order valence-corrected chi connectivity index (χ3v) is 3.06. The van der Waals surface area contributed by atoms with Gasteiger partial charge in [0.1, 0.15) is 18.2 Å². The molecule has 0 amide bonds. The molecule has 1 aliphatic heterocycles. The lowest BCUT2D eigenvalue weighted by Crippen LogP contribution is -2.24. The number of halogens is 1. The van der Waals surface area contributed by atoms with Gasteiger partial charge < -0.3 is 9.47 Å². The summed E-state index contributed by atoms with van der Waals surface area (Å²) in [4.78, 5) is 0. The van der Waals surface area contributed by atoms with Crippen molar-refractivity contribution < 1.29 is 13.9 Å². The van der Waals surface area contributed by atoms with Crippen molar-refractivity contribution in [1.29, 1.82) is 0 Å². The van der Waals surface area contributed by atoms with Crippen LogP contribution in [0.15, 0.2) is 24.3 Å². The SMILES string of the molecule is C[C@H]1CCCC[C@@H](COc2ccc(F)cc2)O1. The zero-order chi connectivity index (χ0) is 12.1. The minimum absolute atomic E-state index is 0.164. The Balaban J connectivity index is 1.82. The van der Waals surface area contributed by atoms with Crippen LogP contribution in [0.1, 0.15) is 32.6 Å². The van der Waals surface area contributed by atoms with E-state index in [-0.39, 0.29) is 11.9 Å². The summed E-state index contributed by atoms with van der Waals surface area (Å²) in [6.45, 7) is 2.66. The van der Waals surface area contributed by atoms with Gasteiger partial charge in [0.2, 0.25) is 0 Å². The molecule has 0 aromatic heterocycles. The molecule has 0 radical (unpaired) electrons. The molecule has 1 aromatic carbocycles. The van der Waals surface area contributed by atoms with E-state index in [0.29, 0.717) is 18.5 Å². The largest absolute Gasteiger partial charge is 0.491 e. The van der Waals surface area contributed by atoms with E-state index >= 15 is 0 Å². The zero-order valence-corrected chi connectivity index (χ0v) is 10.2. The summed E-state index contributed by atoms with van der Waals surface area (Å²) in [5, 5.41) is 0. The standard InChI is InChI=1S/C14H19FO2/c1-11-4-2-3-5-14(17-11)10-16-13-8-6-12(15)7-9-13/h6-9,11,14H,2-5,10H2,1H3/t11-,14-/m0/s1. The van der Waals surface area contributed by atoms with Crippen LogP contribution < -0.4 is 4.74 Å². The first kappa shape index (κ1) is 12.4. The van der Waals surface area contributed by atoms with E-state index in [1.165, 1.54) is 25.0 Å². The van der Waals surface area contributed by atoms with Gasteiger partial charge in [-0.1, -0.05) is 12.8 Å². The van der Waals surface area contributed by atoms with Gasteiger partial charge in [-0.25, -0.2) is 4.39 Å². The molecular weight excluding hydrogens is 219 g/mol. The lowest BCUT2D eigenvalue weighted by Gasteiger charge is -2.19. The predicted octanol–water partition coefficient (Wildman–Crippen LogP) is 3.55. The molecule has 1 aliphatic rings. The summed E-state index contributed by atoms with van der Waals surface area (Å²) >= 11 is 0. The van der Waals surface area contributed by atoms with Crippen molar-refractivity contribution in [2.75, 3.05) is 6.61 Å². The highest BCUT2D eigenvalue weighted by atomic mass is 19.1. The molecule has 1 fully saturated rings. The molecular formula is C14H19FO2. The average molecular weight is 238 g/mol. The van der Waals surface area contributed by atoms with Gasteiger partial charge in [-0.15, -0.1) is 0 Å². The molecule has 0 bridgehead atoms. The Morgan fingerprint density at radius 2 is 1.94 bits per heavy atom. The second-order valence-corrected chi connectivity index (χ2v) is 4.62. The van der Waals surface area contributed by atoms with Gasteiger partial charge in [-0.3, -0.25) is 0 Å². The topological polar surface area (TPSA) is 18.5 Å². The minimum Gasteiger partial charge on any atom is -0.491 e. The van der Waals surface area contributed by atoms with Crippen LogP contribution in [0, 0.1) is 5.82 Å². The van der Waals surface area contributed by atoms with Gasteiger partial charge in [0, 0.05) is 0 Å². The monoisotopic (exact) mass is 238 g/mol. The second kappa shape index (κ2) is 6.01. The van der Waals surface area contributed by atoms with E-state index in [1.807, 2.05) is 0 Å². The van der Waals surface area contributed by atoms with E-state index in [2.05, 4.69) is 6.92 Å². The van der Waals surface area contributed by atoms with E-state index < -0.39 is 0 Å². The molecule has 3 heteroatoms. The lowest BCUT2D eigenvalue weighted by atomic mass is 10.1. The molecule has 0 saturated carbocycles. The first-order valence-electron chi connectivity index (χ1n) is 6.28. The fourth-order valence-corrected chi connectivity index (χ4v) is 2.11. The highest BCUT2D eigenvalue weighted by Gasteiger charge is 2.17. The number of hydrogen-bond acceptors (Lipinski definition) is 2. The van der Waals surface area contributed by atoms with Crippen molar-refractivity contribution in [2.24, 2.45) is 0 Å². The van der Waals surface area contributed by atoms with E-state index in [1.54, 1.807) is 12.1 Å². The summed E-state index contributed by atoms with van der Waals surface area (Å²) in [7, 11) is 0. The lowest BCUT2D eigenvalue weighted by molar-refractivity contribution is -0.0214. The molecule has 94 valence electrons. The third kappa shape index (κ3) is 4.00. The number of ether oxygens (including phenoxy) is 2. The fourth-order valence-electron chi connectivity index (χ4n) is 2.11. The molecule has 0 aliphatic carbocycles. The van der Waals surface area contributed by atoms with Crippen LogP contribution in [0.2, 0.25) is 0 Å². The number of hydrogen-bond donors (Lipinski definition) is 0. The van der Waals surface area contributed by atoms with Crippen LogP contribution in [0.25, 0.3) is 0 Å². The Hall–Kier alpha value is -1.09. The van der Waals surface area contributed by atoms with Crippen molar-refractivity contribution in [3.8, 4) is 5.75 Å². The molecule has 2 rings (SSSR count). The molecule has 1 saturated heterocycles. The molecule has 0 unspecified atom stereocenters. The molecule has 1 heterocycles. The first-order valence-corrected chi connectivity index (χ1v) is 6.28. The number of rotatable bonds is 3. The second-order valence-electron chi connectivity index (χ2n) is 4.62. The van der Waals surface area contributed by atoms with E-state index in [4.69, 9.17) is 9.47 Å². The molecule has 17 heavy (non-hydrogen) atoms. The van der Waals surface area contributed by atoms with Crippen LogP contribution in [0.5, 0.6) is 5.75 Å². The Kier molecular flexibility index (Phi) is 4.37. The van der Waals surface area contributed by atoms with Gasteiger partial charge in [0.25, 0.3) is 0 Å². The predicted molar refractivity (Wildman–Crippen MR) is 64.7 cm³/mol. The molecule has 2 atom stereocenters. The summed E-state index contributed by atoms with van der Waals surface area (Å²) < 4.78 is 24.2. The minimum atomic E-state index is -0.239. The highest BCUT2D eigenvalue weighted by Crippen LogP contribution is 2.19. The first-order chi connectivity index (χ1) is 8.24. The normalized spacial score (nSPS) is 25.3. The summed E-state index contributed by atoms with van der Waals surface area (Å²) in [5.74, 6) is 0.462. The van der Waals surface area contributed by atoms with Crippen LogP contribution in [-0.4, -0.2) is 18.8 Å².